The Morgan fingerprint density at radius 2 is 2.11 bits per heavy atom. The van der Waals surface area contributed by atoms with E-state index in [4.69, 9.17) is 0 Å². The molecule has 0 radical (unpaired) electrons. The molecule has 0 aromatic carbocycles. The van der Waals surface area contributed by atoms with Crippen LogP contribution in [0, 0.1) is 0 Å². The van der Waals surface area contributed by atoms with E-state index in [1.165, 1.54) is 12.7 Å². The lowest BCUT2D eigenvalue weighted by Crippen LogP contribution is -2.18. The molecule has 0 bridgehead atoms. The predicted octanol–water partition coefficient (Wildman–Crippen LogP) is -1.01. The van der Waals surface area contributed by atoms with Gasteiger partial charge in [0, 0.05) is 0 Å². The summed E-state index contributed by atoms with van der Waals surface area (Å²) in [7, 11) is 0. The first-order valence-electron chi connectivity index (χ1n) is 2.07. The van der Waals surface area contributed by atoms with Crippen molar-refractivity contribution in [1.29, 1.82) is 0 Å². The summed E-state index contributed by atoms with van der Waals surface area (Å²) in [6, 6.07) is 0. The zero-order valence-electron chi connectivity index (χ0n) is 4.61. The van der Waals surface area contributed by atoms with E-state index < -0.39 is 0 Å². The minimum Gasteiger partial charge on any atom is -0.377 e. The van der Waals surface area contributed by atoms with Crippen LogP contribution in [0.4, 0.5) is 0 Å². The molecule has 0 amide bonds. The highest BCUT2D eigenvalue weighted by atomic mass is 32.1. The van der Waals surface area contributed by atoms with Gasteiger partial charge in [0.1, 0.15) is 12.7 Å². The molecule has 6 heteroatoms. The summed E-state index contributed by atoms with van der Waals surface area (Å²) in [6.07, 6.45) is 2.96. The smallest absolute Gasteiger partial charge is 0.160 e. The van der Waals surface area contributed by atoms with Gasteiger partial charge in [-0.15, -0.1) is 0 Å². The first kappa shape index (κ1) is 7.83. The second-order valence-electron chi connectivity index (χ2n) is 1.05. The first-order valence-corrected chi connectivity index (χ1v) is 2.48. The van der Waals surface area contributed by atoms with Crippen molar-refractivity contribution in [2.75, 3.05) is 0 Å². The van der Waals surface area contributed by atoms with E-state index in [1.54, 1.807) is 0 Å². The van der Waals surface area contributed by atoms with Crippen LogP contribution < -0.4 is 11.5 Å². The first-order chi connectivity index (χ1) is 4.23. The molecular weight excluding hydrogens is 138 g/mol. The molecular formula is C3H7N5S. The van der Waals surface area contributed by atoms with Crippen molar-refractivity contribution >= 4 is 17.3 Å². The van der Waals surface area contributed by atoms with Crippen molar-refractivity contribution < 1.29 is 0 Å². The Balaban J connectivity index is 0.000000148. The lowest BCUT2D eigenvalue weighted by Gasteiger charge is -1.68. The molecule has 0 saturated heterocycles. The number of aromatic nitrogens is 3. The molecule has 1 aromatic rings. The van der Waals surface area contributed by atoms with Crippen molar-refractivity contribution in [1.82, 2.24) is 15.2 Å². The molecule has 1 aromatic heterocycles. The van der Waals surface area contributed by atoms with Gasteiger partial charge in [0.25, 0.3) is 0 Å². The van der Waals surface area contributed by atoms with Gasteiger partial charge in [0.2, 0.25) is 0 Å². The maximum atomic E-state index is 4.62. The minimum absolute atomic E-state index is 0.000000000000000222. The fraction of sp³-hybridized carbons (Fsp3) is 0. The van der Waals surface area contributed by atoms with Gasteiger partial charge < -0.3 is 11.5 Å². The number of nitrogens with zero attached hydrogens (tertiary/aromatic N) is 2. The molecule has 50 valence electrons. The molecule has 0 fully saturated rings. The van der Waals surface area contributed by atoms with Crippen molar-refractivity contribution in [3.63, 3.8) is 0 Å². The van der Waals surface area contributed by atoms with Crippen LogP contribution in [0.2, 0.25) is 0 Å². The zero-order chi connectivity index (χ0) is 7.11. The van der Waals surface area contributed by atoms with Crippen LogP contribution in [0.3, 0.4) is 0 Å². The van der Waals surface area contributed by atoms with E-state index in [1.807, 2.05) is 0 Å². The van der Waals surface area contributed by atoms with Gasteiger partial charge in [-0.2, -0.15) is 5.10 Å². The highest BCUT2D eigenvalue weighted by Gasteiger charge is 1.57. The van der Waals surface area contributed by atoms with Gasteiger partial charge in [-0.1, -0.05) is 0 Å². The van der Waals surface area contributed by atoms with E-state index >= 15 is 0 Å². The Morgan fingerprint density at radius 3 is 2.22 bits per heavy atom. The molecule has 5 N–H and O–H groups in total. The van der Waals surface area contributed by atoms with E-state index in [0.29, 0.717) is 0 Å². The van der Waals surface area contributed by atoms with Gasteiger partial charge in [0.05, 0.1) is 0 Å². The Kier molecular flexibility index (Phi) is 4.33. The Labute approximate surface area is 57.5 Å². The normalized spacial score (nSPS) is 7.11. The monoisotopic (exact) mass is 145 g/mol. The fourth-order valence-electron chi connectivity index (χ4n) is 0.167. The Hall–Kier alpha value is -1.17. The summed E-state index contributed by atoms with van der Waals surface area (Å²) in [4.78, 5) is 3.56. The number of nitrogens with two attached hydrogens (primary N) is 2. The van der Waals surface area contributed by atoms with Crippen LogP contribution in [0.5, 0.6) is 0 Å². The number of thiocarbonyl (C=S) groups is 1. The van der Waals surface area contributed by atoms with Crippen molar-refractivity contribution in [2.24, 2.45) is 11.5 Å². The fourth-order valence-corrected chi connectivity index (χ4v) is 0.167. The Bertz CT molecular complexity index is 126. The molecule has 0 aliphatic rings. The molecule has 0 aliphatic carbocycles. The standard InChI is InChI=1S/C2H3N3.CH4N2S/c1-3-2-5-4-1;2-1(3)4/h1-2H,(H,3,4,5);(H4,2,3,4). The third kappa shape index (κ3) is 10.9. The topological polar surface area (TPSA) is 93.6 Å². The second-order valence-corrected chi connectivity index (χ2v) is 1.53. The van der Waals surface area contributed by atoms with Crippen LogP contribution >= 0.6 is 12.2 Å². The quantitative estimate of drug-likeness (QED) is 0.407. The predicted molar refractivity (Wildman–Crippen MR) is 37.4 cm³/mol. The lowest BCUT2D eigenvalue weighted by atomic mass is 11.3. The molecule has 0 unspecified atom stereocenters. The van der Waals surface area contributed by atoms with Gasteiger partial charge >= 0.3 is 0 Å². The van der Waals surface area contributed by atoms with Crippen LogP contribution in [-0.2, 0) is 0 Å². The summed E-state index contributed by atoms with van der Waals surface area (Å²) < 4.78 is 0. The maximum absolute atomic E-state index is 4.62. The molecule has 0 atom stereocenters. The summed E-state index contributed by atoms with van der Waals surface area (Å²) >= 11 is 4.09. The average molecular weight is 145 g/mol. The number of hydrogen-bond acceptors (Lipinski definition) is 3. The number of nitrogens with one attached hydrogen (secondary N) is 1. The van der Waals surface area contributed by atoms with Gasteiger partial charge in [-0.3, -0.25) is 5.10 Å². The van der Waals surface area contributed by atoms with Gasteiger partial charge in [-0.05, 0) is 12.2 Å². The molecule has 1 rings (SSSR count). The average Bonchev–Trinajstić information content (AvgIpc) is 2.11. The molecule has 1 heterocycles. The van der Waals surface area contributed by atoms with E-state index in [-0.39, 0.29) is 5.11 Å². The molecule has 0 saturated carbocycles. The van der Waals surface area contributed by atoms with Crippen LogP contribution in [-0.4, -0.2) is 20.3 Å². The molecule has 0 spiro atoms. The highest BCUT2D eigenvalue weighted by Crippen LogP contribution is 1.53. The van der Waals surface area contributed by atoms with Crippen molar-refractivity contribution in [2.45, 2.75) is 0 Å². The van der Waals surface area contributed by atoms with Gasteiger partial charge in [-0.25, -0.2) is 4.98 Å². The zero-order valence-corrected chi connectivity index (χ0v) is 5.43. The lowest BCUT2D eigenvalue weighted by molar-refractivity contribution is 1.09. The number of aromatic amines is 1. The van der Waals surface area contributed by atoms with E-state index in [2.05, 4.69) is 38.9 Å². The highest BCUT2D eigenvalue weighted by molar-refractivity contribution is 7.80. The largest absolute Gasteiger partial charge is 0.377 e. The molecule has 0 aliphatic heterocycles. The summed E-state index contributed by atoms with van der Waals surface area (Å²) in [5.41, 5.74) is 9.24. The van der Waals surface area contributed by atoms with Crippen LogP contribution in [0.25, 0.3) is 0 Å². The number of hydrogen-bond donors (Lipinski definition) is 3. The number of H-pyrrole nitrogens is 1. The SMILES string of the molecule is NC(N)=S.c1nc[nH]n1. The summed E-state index contributed by atoms with van der Waals surface area (Å²) in [5.74, 6) is 0. The van der Waals surface area contributed by atoms with Crippen LogP contribution in [0.15, 0.2) is 12.7 Å². The molecule has 5 nitrogen and oxygen atoms in total. The molecule has 9 heavy (non-hydrogen) atoms. The van der Waals surface area contributed by atoms with Crippen molar-refractivity contribution in [3.8, 4) is 0 Å². The third-order valence-corrected chi connectivity index (χ3v) is 0.331. The summed E-state index contributed by atoms with van der Waals surface area (Å²) in [6.45, 7) is 0. The Morgan fingerprint density at radius 1 is 1.56 bits per heavy atom. The maximum Gasteiger partial charge on any atom is 0.160 e. The van der Waals surface area contributed by atoms with Gasteiger partial charge in [0.15, 0.2) is 5.11 Å². The number of rotatable bonds is 0. The van der Waals surface area contributed by atoms with E-state index in [0.717, 1.165) is 0 Å². The minimum atomic E-state index is 0.000000000000000222. The van der Waals surface area contributed by atoms with E-state index in [9.17, 15) is 0 Å². The van der Waals surface area contributed by atoms with Crippen molar-refractivity contribution in [3.05, 3.63) is 12.7 Å². The summed E-state index contributed by atoms with van der Waals surface area (Å²) in [5, 5.41) is 5.99. The third-order valence-electron chi connectivity index (χ3n) is 0.331. The van der Waals surface area contributed by atoms with Crippen LogP contribution in [0.1, 0.15) is 0 Å². The second kappa shape index (κ2) is 4.98.